The first-order chi connectivity index (χ1) is 22.6. The molecule has 0 aliphatic carbocycles. The van der Waals surface area contributed by atoms with E-state index in [4.69, 9.17) is 0 Å². The van der Waals surface area contributed by atoms with Crippen molar-refractivity contribution in [2.24, 2.45) is 0 Å². The average molecular weight is 675 g/mol. The fourth-order valence-corrected chi connectivity index (χ4v) is 3.56. The van der Waals surface area contributed by atoms with Gasteiger partial charge in [-0.1, -0.05) is 129 Å². The minimum Gasteiger partial charge on any atom is -0.389 e. The van der Waals surface area contributed by atoms with Crippen molar-refractivity contribution < 1.29 is 9.59 Å². The van der Waals surface area contributed by atoms with Crippen LogP contribution in [0.25, 0.3) is 0 Å². The molecule has 47 heavy (non-hydrogen) atoms. The van der Waals surface area contributed by atoms with Crippen LogP contribution in [0.1, 0.15) is 169 Å². The second-order valence-electron chi connectivity index (χ2n) is 9.89. The zero-order valence-electron chi connectivity index (χ0n) is 35.2. The van der Waals surface area contributed by atoms with E-state index in [9.17, 15) is 9.59 Å². The number of rotatable bonds is 21. The maximum Gasteiger partial charge on any atom is 0.243 e. The molecule has 0 aliphatic rings. The van der Waals surface area contributed by atoms with Crippen LogP contribution < -0.4 is 31.9 Å². The third kappa shape index (κ3) is 48.5. The molecule has 0 spiro atoms. The van der Waals surface area contributed by atoms with Crippen LogP contribution in [0.5, 0.6) is 0 Å². The lowest BCUT2D eigenvalue weighted by Gasteiger charge is -2.26. The van der Waals surface area contributed by atoms with E-state index in [-0.39, 0.29) is 23.9 Å². The van der Waals surface area contributed by atoms with Gasteiger partial charge in [-0.05, 0) is 72.5 Å². The molecular weight excluding hydrogens is 584 g/mol. The Morgan fingerprint density at radius 3 is 1.36 bits per heavy atom. The van der Waals surface area contributed by atoms with E-state index in [1.165, 1.54) is 12.8 Å². The van der Waals surface area contributed by atoms with Gasteiger partial charge in [-0.25, -0.2) is 0 Å². The standard InChI is InChI=1S/C25H50N6O2.2C3H8.4C2H6/c1-8-21(20(6)28-10-3)30-25(33)23(16-12-14-18-29-19(4)5)31-24(32)22(26-7)15-11-13-17-27-9-2;2*1-3-2;4*1-2/h21-23,26-29H,4,6,8-18H2,1-3,5,7H3,(H,30,33)(H,31,32);2*3H2,1-2H3;4*1-2H3. The van der Waals surface area contributed by atoms with Crippen molar-refractivity contribution in [3.8, 4) is 0 Å². The van der Waals surface area contributed by atoms with Gasteiger partial charge >= 0.3 is 0 Å². The first kappa shape index (κ1) is 60.3. The van der Waals surface area contributed by atoms with E-state index in [2.05, 4.69) is 79.7 Å². The van der Waals surface area contributed by atoms with E-state index >= 15 is 0 Å². The normalized spacial score (nSPS) is 10.7. The molecule has 0 saturated heterocycles. The lowest BCUT2D eigenvalue weighted by molar-refractivity contribution is -0.130. The number of likely N-dealkylation sites (N-methyl/N-ethyl adjacent to an activating group) is 2. The predicted octanol–water partition coefficient (Wildman–Crippen LogP) is 9.09. The molecule has 0 rings (SSSR count). The Morgan fingerprint density at radius 2 is 0.979 bits per heavy atom. The van der Waals surface area contributed by atoms with Gasteiger partial charge in [0.25, 0.3) is 0 Å². The van der Waals surface area contributed by atoms with Crippen LogP contribution in [-0.2, 0) is 9.59 Å². The highest BCUT2D eigenvalue weighted by atomic mass is 16.2. The van der Waals surface area contributed by atoms with E-state index < -0.39 is 6.04 Å². The molecule has 0 aromatic carbocycles. The first-order valence-corrected chi connectivity index (χ1v) is 19.4. The number of amides is 2. The Bertz CT molecular complexity index is 612. The van der Waals surface area contributed by atoms with Gasteiger partial charge in [0.1, 0.15) is 6.04 Å². The lowest BCUT2D eigenvalue weighted by atomic mass is 10.0. The van der Waals surface area contributed by atoms with Gasteiger partial charge in [-0.3, -0.25) is 9.59 Å². The van der Waals surface area contributed by atoms with Crippen molar-refractivity contribution >= 4 is 11.8 Å². The highest BCUT2D eigenvalue weighted by Gasteiger charge is 2.26. The van der Waals surface area contributed by atoms with Gasteiger partial charge in [-0.15, -0.1) is 0 Å². The minimum absolute atomic E-state index is 0.125. The molecule has 0 bridgehead atoms. The Kier molecular flexibility index (Phi) is 72.2. The fourth-order valence-electron chi connectivity index (χ4n) is 3.56. The van der Waals surface area contributed by atoms with Gasteiger partial charge < -0.3 is 31.9 Å². The van der Waals surface area contributed by atoms with Crippen molar-refractivity contribution in [2.75, 3.05) is 33.2 Å². The molecule has 3 atom stereocenters. The Morgan fingerprint density at radius 1 is 0.574 bits per heavy atom. The van der Waals surface area contributed by atoms with E-state index in [0.717, 1.165) is 76.1 Å². The van der Waals surface area contributed by atoms with E-state index in [0.29, 0.717) is 6.42 Å². The van der Waals surface area contributed by atoms with Crippen molar-refractivity contribution in [2.45, 2.75) is 187 Å². The molecule has 0 aliphatic heterocycles. The van der Waals surface area contributed by atoms with Crippen molar-refractivity contribution in [1.82, 2.24) is 31.9 Å². The van der Waals surface area contributed by atoms with Gasteiger partial charge in [0.05, 0.1) is 12.1 Å². The predicted molar refractivity (Wildman–Crippen MR) is 216 cm³/mol. The van der Waals surface area contributed by atoms with Gasteiger partial charge in [0, 0.05) is 24.5 Å². The van der Waals surface area contributed by atoms with Crippen LogP contribution >= 0.6 is 0 Å². The second kappa shape index (κ2) is 56.3. The molecule has 8 heteroatoms. The first-order valence-electron chi connectivity index (χ1n) is 19.4. The Hall–Kier alpha value is -2.06. The maximum atomic E-state index is 13.1. The van der Waals surface area contributed by atoms with Crippen LogP contribution in [0.2, 0.25) is 0 Å². The largest absolute Gasteiger partial charge is 0.389 e. The summed E-state index contributed by atoms with van der Waals surface area (Å²) in [6.07, 6.45) is 8.21. The summed E-state index contributed by atoms with van der Waals surface area (Å²) in [4.78, 5) is 26.1. The second-order valence-corrected chi connectivity index (χ2v) is 9.89. The third-order valence-electron chi connectivity index (χ3n) is 5.54. The van der Waals surface area contributed by atoms with Crippen molar-refractivity contribution in [3.63, 3.8) is 0 Å². The highest BCUT2D eigenvalue weighted by molar-refractivity contribution is 5.90. The zero-order chi connectivity index (χ0) is 38.5. The Balaban J connectivity index is -0.000000197. The van der Waals surface area contributed by atoms with Gasteiger partial charge in [0.2, 0.25) is 11.8 Å². The molecule has 2 amide bonds. The summed E-state index contributed by atoms with van der Waals surface area (Å²) in [6, 6.07) is -1.07. The summed E-state index contributed by atoms with van der Waals surface area (Å²) >= 11 is 0. The SMILES string of the molecule is C=C(C)NCCCCC(NC(=O)C(CCCCNCC)NC)C(=O)NC(CC)C(=C)NCC.CC.CC.CC.CC.CCC.CCC. The average Bonchev–Trinajstić information content (AvgIpc) is 3.08. The molecular formula is C39H90N6O2. The number of hydrogen-bond donors (Lipinski definition) is 6. The monoisotopic (exact) mass is 675 g/mol. The molecule has 0 aromatic heterocycles. The summed E-state index contributed by atoms with van der Waals surface area (Å²) in [7, 11) is 1.79. The highest BCUT2D eigenvalue weighted by Crippen LogP contribution is 2.08. The lowest BCUT2D eigenvalue weighted by Crippen LogP contribution is -2.54. The number of hydrogen-bond acceptors (Lipinski definition) is 6. The molecule has 8 nitrogen and oxygen atoms in total. The molecule has 288 valence electrons. The summed E-state index contributed by atoms with van der Waals surface area (Å²) in [6.45, 7) is 43.9. The van der Waals surface area contributed by atoms with Crippen LogP contribution in [0.3, 0.4) is 0 Å². The number of nitrogens with one attached hydrogen (secondary N) is 6. The minimum atomic E-state index is -0.580. The number of carbonyl (C=O) groups excluding carboxylic acids is 2. The smallest absolute Gasteiger partial charge is 0.243 e. The number of allylic oxidation sites excluding steroid dienone is 1. The number of carbonyl (C=O) groups is 2. The fraction of sp³-hybridized carbons (Fsp3) is 0.846. The molecule has 0 aromatic rings. The van der Waals surface area contributed by atoms with Gasteiger partial charge in [-0.2, -0.15) is 0 Å². The van der Waals surface area contributed by atoms with Crippen LogP contribution in [0.15, 0.2) is 24.6 Å². The van der Waals surface area contributed by atoms with Crippen LogP contribution in [0.4, 0.5) is 0 Å². The van der Waals surface area contributed by atoms with Crippen LogP contribution in [-0.4, -0.2) is 63.2 Å². The van der Waals surface area contributed by atoms with E-state index in [1.54, 1.807) is 7.05 Å². The zero-order valence-corrected chi connectivity index (χ0v) is 35.2. The molecule has 0 heterocycles. The summed E-state index contributed by atoms with van der Waals surface area (Å²) in [5.41, 5.74) is 1.72. The van der Waals surface area contributed by atoms with Crippen LogP contribution in [0, 0.1) is 0 Å². The molecule has 0 radical (unpaired) electrons. The molecule has 3 unspecified atom stereocenters. The summed E-state index contributed by atoms with van der Waals surface area (Å²) in [5, 5.41) is 18.9. The quantitative estimate of drug-likeness (QED) is 0.0679. The molecule has 6 N–H and O–H groups in total. The summed E-state index contributed by atoms with van der Waals surface area (Å²) < 4.78 is 0. The topological polar surface area (TPSA) is 106 Å². The van der Waals surface area contributed by atoms with Gasteiger partial charge in [0.15, 0.2) is 0 Å². The summed E-state index contributed by atoms with van der Waals surface area (Å²) in [5.74, 6) is -0.288. The van der Waals surface area contributed by atoms with E-state index in [1.807, 2.05) is 76.2 Å². The molecule has 0 saturated carbocycles. The van der Waals surface area contributed by atoms with Crippen molar-refractivity contribution in [3.05, 3.63) is 24.6 Å². The molecule has 0 fully saturated rings. The third-order valence-corrected chi connectivity index (χ3v) is 5.54. The number of unbranched alkanes of at least 4 members (excludes halogenated alkanes) is 2. The van der Waals surface area contributed by atoms with Crippen molar-refractivity contribution in [1.29, 1.82) is 0 Å². The maximum absolute atomic E-state index is 13.1. The Labute approximate surface area is 297 Å².